The van der Waals surface area contributed by atoms with Crippen LogP contribution in [0.25, 0.3) is 33.5 Å². The van der Waals surface area contributed by atoms with E-state index < -0.39 is 10.8 Å². The number of hydrogen-bond acceptors (Lipinski definition) is 2. The van der Waals surface area contributed by atoms with Crippen LogP contribution in [0.15, 0.2) is 229 Å². The Morgan fingerprint density at radius 3 is 1.67 bits per heavy atom. The van der Waals surface area contributed by atoms with Gasteiger partial charge in [0.15, 0.2) is 0 Å². The van der Waals surface area contributed by atoms with Gasteiger partial charge in [-0.3, -0.25) is 4.99 Å². The van der Waals surface area contributed by atoms with Gasteiger partial charge in [0.2, 0.25) is 0 Å². The first-order valence-corrected chi connectivity index (χ1v) is 22.1. The lowest BCUT2D eigenvalue weighted by Gasteiger charge is -2.50. The highest BCUT2D eigenvalue weighted by molar-refractivity contribution is 6.04. The third-order valence-corrected chi connectivity index (χ3v) is 13.9. The normalized spacial score (nSPS) is 16.9. The van der Waals surface area contributed by atoms with E-state index in [1.165, 1.54) is 89.0 Å². The summed E-state index contributed by atoms with van der Waals surface area (Å²) in [5.41, 5.74) is 28.9. The van der Waals surface area contributed by atoms with E-state index in [2.05, 4.69) is 196 Å². The molecular formula is C61H48N2. The van der Waals surface area contributed by atoms with Crippen LogP contribution in [-0.2, 0) is 17.4 Å². The van der Waals surface area contributed by atoms with Gasteiger partial charge in [-0.1, -0.05) is 219 Å². The second-order valence-electron chi connectivity index (χ2n) is 17.1. The van der Waals surface area contributed by atoms with Gasteiger partial charge >= 0.3 is 0 Å². The first-order valence-electron chi connectivity index (χ1n) is 22.1. The summed E-state index contributed by atoms with van der Waals surface area (Å²) < 4.78 is 0. The highest BCUT2D eigenvalue weighted by atomic mass is 14.7. The van der Waals surface area contributed by atoms with E-state index in [0.29, 0.717) is 12.2 Å². The minimum Gasteiger partial charge on any atom is -0.399 e. The number of nitrogens with zero attached hydrogens (tertiary/aromatic N) is 1. The van der Waals surface area contributed by atoms with Gasteiger partial charge in [0.1, 0.15) is 0 Å². The second kappa shape index (κ2) is 15.4. The molecule has 12 rings (SSSR count). The van der Waals surface area contributed by atoms with Gasteiger partial charge in [-0.2, -0.15) is 0 Å². The molecule has 1 unspecified atom stereocenters. The summed E-state index contributed by atoms with van der Waals surface area (Å²) in [6.07, 6.45) is 6.86. The maximum absolute atomic E-state index is 5.61. The molecule has 0 heterocycles. The average Bonchev–Trinajstić information content (AvgIpc) is 3.81. The molecule has 0 bridgehead atoms. The van der Waals surface area contributed by atoms with Crippen molar-refractivity contribution in [2.24, 2.45) is 10.7 Å². The molecule has 302 valence electrons. The van der Waals surface area contributed by atoms with Crippen molar-refractivity contribution in [1.82, 2.24) is 0 Å². The Kier molecular flexibility index (Phi) is 9.39. The van der Waals surface area contributed by atoms with Crippen LogP contribution in [0.2, 0.25) is 0 Å². The van der Waals surface area contributed by atoms with Gasteiger partial charge in [0, 0.05) is 17.0 Å². The molecule has 2 nitrogen and oxygen atoms in total. The number of fused-ring (bicyclic) bond motifs is 15. The molecule has 2 N–H and O–H groups in total. The molecule has 0 aliphatic heterocycles. The van der Waals surface area contributed by atoms with E-state index in [1.54, 1.807) is 0 Å². The maximum Gasteiger partial charge on any atom is 0.0726 e. The minimum absolute atomic E-state index is 0.393. The molecule has 2 heteroatoms. The van der Waals surface area contributed by atoms with Crippen molar-refractivity contribution in [1.29, 1.82) is 0 Å². The quantitative estimate of drug-likeness (QED) is 0.173. The van der Waals surface area contributed by atoms with Crippen LogP contribution < -0.4 is 5.73 Å². The Morgan fingerprint density at radius 1 is 0.524 bits per heavy atom. The zero-order chi connectivity index (χ0) is 42.5. The van der Waals surface area contributed by atoms with Crippen molar-refractivity contribution in [3.05, 3.63) is 286 Å². The van der Waals surface area contributed by atoms with Gasteiger partial charge in [0.05, 0.1) is 17.4 Å². The fraction of sp³-hybridized carbons (Fsp3) is 0.0984. The van der Waals surface area contributed by atoms with Crippen LogP contribution in [0.5, 0.6) is 0 Å². The van der Waals surface area contributed by atoms with Crippen LogP contribution >= 0.6 is 0 Å². The van der Waals surface area contributed by atoms with Crippen LogP contribution in [0.4, 0.5) is 0 Å². The zero-order valence-electron chi connectivity index (χ0n) is 35.6. The topological polar surface area (TPSA) is 38.4 Å². The molecule has 63 heavy (non-hydrogen) atoms. The summed E-state index contributed by atoms with van der Waals surface area (Å²) in [5.74, 6) is 0. The van der Waals surface area contributed by atoms with E-state index >= 15 is 0 Å². The molecule has 4 aliphatic rings. The van der Waals surface area contributed by atoms with E-state index in [0.717, 1.165) is 24.1 Å². The fourth-order valence-electron chi connectivity index (χ4n) is 11.3. The van der Waals surface area contributed by atoms with E-state index in [1.807, 2.05) is 30.3 Å². The molecular weight excluding hydrogens is 761 g/mol. The Hall–Kier alpha value is -7.55. The summed E-state index contributed by atoms with van der Waals surface area (Å²) in [5, 5.41) is 0. The average molecular weight is 809 g/mol. The largest absolute Gasteiger partial charge is 0.399 e. The number of hydrogen-bond donors (Lipinski definition) is 1. The zero-order valence-corrected chi connectivity index (χ0v) is 35.6. The molecule has 0 amide bonds. The molecule has 0 fully saturated rings. The minimum atomic E-state index is -0.493. The van der Waals surface area contributed by atoms with E-state index in [4.69, 9.17) is 10.7 Å². The van der Waals surface area contributed by atoms with Crippen molar-refractivity contribution in [2.45, 2.75) is 37.1 Å². The lowest BCUT2D eigenvalue weighted by atomic mass is 9.51. The summed E-state index contributed by atoms with van der Waals surface area (Å²) in [6, 6.07) is 73.0. The van der Waals surface area contributed by atoms with Crippen LogP contribution in [0, 0.1) is 0 Å². The molecule has 0 aromatic heterocycles. The molecule has 0 saturated heterocycles. The Labute approximate surface area is 371 Å². The van der Waals surface area contributed by atoms with Gasteiger partial charge in [-0.05, 0) is 109 Å². The SMILES string of the molecule is C=C(N)c1ccc(-c2ccccc2)cc1.CC(=NCc1ccccc1)c1cccc2c1C1(c3ccccc3-c3ccccc31)c1ccccc1C21C2=C(C=CCC2)c2ccccc21. The predicted octanol–water partition coefficient (Wildman–Crippen LogP) is 14.1. The Balaban J connectivity index is 0.000000251. The maximum atomic E-state index is 5.61. The van der Waals surface area contributed by atoms with Crippen LogP contribution in [-0.4, -0.2) is 5.71 Å². The summed E-state index contributed by atoms with van der Waals surface area (Å²) in [6.45, 7) is 6.58. The number of allylic oxidation sites excluding steroid dienone is 4. The van der Waals surface area contributed by atoms with Crippen LogP contribution in [0.3, 0.4) is 0 Å². The number of benzene rings is 8. The summed E-state index contributed by atoms with van der Waals surface area (Å²) >= 11 is 0. The molecule has 0 saturated carbocycles. The molecule has 4 aliphatic carbocycles. The first-order chi connectivity index (χ1) is 31.0. The summed E-state index contributed by atoms with van der Waals surface area (Å²) in [7, 11) is 0. The third-order valence-electron chi connectivity index (χ3n) is 13.9. The van der Waals surface area contributed by atoms with Crippen molar-refractivity contribution in [3.8, 4) is 22.3 Å². The first kappa shape index (κ1) is 38.4. The number of aliphatic imine (C=N–C) groups is 1. The van der Waals surface area contributed by atoms with Gasteiger partial charge in [0.25, 0.3) is 0 Å². The van der Waals surface area contributed by atoms with Gasteiger partial charge < -0.3 is 5.73 Å². The Bertz CT molecular complexity index is 3120. The smallest absolute Gasteiger partial charge is 0.0726 e. The standard InChI is InChI=1S/C47H35N.C14H13N/c1-31(48-30-32-16-3-2-4-17-32)33-22-15-29-44-45(33)47(40-25-11-7-20-36(40)37-21-8-12-26-41(37)47)43-28-14-13-27-42(43)46(44)38-23-9-5-18-34(38)35-19-6-10-24-39(35)46;1-11(15)12-7-9-14(10-8-12)13-5-3-2-4-6-13/h2-9,11-23,25-29H,10,24,30H2,1H3;2-10H,1,15H2. The highest BCUT2D eigenvalue weighted by Crippen LogP contribution is 2.68. The van der Waals surface area contributed by atoms with Crippen LogP contribution in [0.1, 0.15) is 81.0 Å². The van der Waals surface area contributed by atoms with E-state index in [9.17, 15) is 0 Å². The lowest BCUT2D eigenvalue weighted by molar-refractivity contribution is 0.604. The number of rotatable bonds is 5. The number of nitrogens with two attached hydrogens (primary N) is 1. The molecule has 8 aromatic carbocycles. The van der Waals surface area contributed by atoms with Crippen molar-refractivity contribution >= 4 is 17.0 Å². The van der Waals surface area contributed by atoms with Crippen molar-refractivity contribution < 1.29 is 0 Å². The monoisotopic (exact) mass is 808 g/mol. The molecule has 8 aromatic rings. The predicted molar refractivity (Wildman–Crippen MR) is 263 cm³/mol. The second-order valence-corrected chi connectivity index (χ2v) is 17.1. The molecule has 0 radical (unpaired) electrons. The van der Waals surface area contributed by atoms with Crippen molar-refractivity contribution in [3.63, 3.8) is 0 Å². The fourth-order valence-corrected chi connectivity index (χ4v) is 11.3. The van der Waals surface area contributed by atoms with Gasteiger partial charge in [-0.15, -0.1) is 0 Å². The van der Waals surface area contributed by atoms with Crippen molar-refractivity contribution in [2.75, 3.05) is 0 Å². The van der Waals surface area contributed by atoms with E-state index in [-0.39, 0.29) is 0 Å². The molecule has 1 atom stereocenters. The van der Waals surface area contributed by atoms with Gasteiger partial charge in [-0.25, -0.2) is 0 Å². The third kappa shape index (κ3) is 5.82. The molecule has 2 spiro atoms. The summed E-state index contributed by atoms with van der Waals surface area (Å²) in [4.78, 5) is 5.33. The highest BCUT2D eigenvalue weighted by Gasteiger charge is 2.60. The Morgan fingerprint density at radius 2 is 1.03 bits per heavy atom. The lowest BCUT2D eigenvalue weighted by Crippen LogP contribution is -2.45.